The number of anilines is 1. The number of hydrogen-bond acceptors (Lipinski definition) is 4. The summed E-state index contributed by atoms with van der Waals surface area (Å²) in [5.74, 6) is 2.73. The van der Waals surface area contributed by atoms with Crippen molar-refractivity contribution in [3.63, 3.8) is 0 Å². The lowest BCUT2D eigenvalue weighted by Gasteiger charge is -2.32. The Morgan fingerprint density at radius 3 is 2.74 bits per heavy atom. The van der Waals surface area contributed by atoms with Crippen LogP contribution in [0.2, 0.25) is 0 Å². The van der Waals surface area contributed by atoms with Crippen molar-refractivity contribution in [1.29, 1.82) is 0 Å². The zero-order valence-electron chi connectivity index (χ0n) is 18.8. The minimum atomic E-state index is 0.258. The Kier molecular flexibility index (Phi) is 7.41. The van der Waals surface area contributed by atoms with Crippen LogP contribution in [0.4, 0.5) is 5.82 Å². The lowest BCUT2D eigenvalue weighted by molar-refractivity contribution is 0.0529. The molecule has 0 bridgehead atoms. The molecule has 0 radical (unpaired) electrons. The predicted octanol–water partition coefficient (Wildman–Crippen LogP) is 3.34. The van der Waals surface area contributed by atoms with E-state index in [-0.39, 0.29) is 6.10 Å². The topological polar surface area (TPSA) is 53.0 Å². The number of ether oxygens (including phenoxy) is 1. The van der Waals surface area contributed by atoms with Gasteiger partial charge in [-0.1, -0.05) is 36.4 Å². The average Bonchev–Trinajstić information content (AvgIpc) is 3.26. The standard InChI is InChI=1S/C25H35N5O/c1-3-26-25(30-12-11-22(19-30)15-21-7-5-4-6-8-21)28-17-23-9-10-24(27-16-23)29-13-14-31-20(2)18-29/h4-10,16,20,22H,3,11-15,17-19H2,1-2H3,(H,26,28). The number of aromatic nitrogens is 1. The third kappa shape index (κ3) is 5.97. The number of pyridine rings is 1. The molecule has 2 saturated heterocycles. The van der Waals surface area contributed by atoms with Gasteiger partial charge >= 0.3 is 0 Å². The van der Waals surface area contributed by atoms with Crippen LogP contribution in [0, 0.1) is 5.92 Å². The molecular weight excluding hydrogens is 386 g/mol. The van der Waals surface area contributed by atoms with E-state index < -0.39 is 0 Å². The molecule has 6 nitrogen and oxygen atoms in total. The van der Waals surface area contributed by atoms with Crippen LogP contribution in [0.1, 0.15) is 31.4 Å². The summed E-state index contributed by atoms with van der Waals surface area (Å²) in [5.41, 5.74) is 2.57. The van der Waals surface area contributed by atoms with Crippen molar-refractivity contribution in [2.45, 2.75) is 39.3 Å². The molecule has 2 atom stereocenters. The van der Waals surface area contributed by atoms with Gasteiger partial charge in [0.2, 0.25) is 0 Å². The van der Waals surface area contributed by atoms with E-state index in [1.54, 1.807) is 0 Å². The summed E-state index contributed by atoms with van der Waals surface area (Å²) in [4.78, 5) is 14.3. The van der Waals surface area contributed by atoms with E-state index in [1.807, 2.05) is 6.20 Å². The summed E-state index contributed by atoms with van der Waals surface area (Å²) in [6.45, 7) is 10.5. The smallest absolute Gasteiger partial charge is 0.194 e. The van der Waals surface area contributed by atoms with Crippen LogP contribution in [0.15, 0.2) is 53.7 Å². The molecule has 31 heavy (non-hydrogen) atoms. The van der Waals surface area contributed by atoms with Crippen LogP contribution < -0.4 is 10.2 Å². The fourth-order valence-electron chi connectivity index (χ4n) is 4.45. The molecule has 1 aromatic carbocycles. The quantitative estimate of drug-likeness (QED) is 0.573. The number of nitrogens with one attached hydrogen (secondary N) is 1. The van der Waals surface area contributed by atoms with Crippen molar-refractivity contribution >= 4 is 11.8 Å². The van der Waals surface area contributed by atoms with Crippen molar-refractivity contribution in [3.05, 3.63) is 59.8 Å². The van der Waals surface area contributed by atoms with Gasteiger partial charge in [-0.05, 0) is 49.8 Å². The number of guanidine groups is 1. The maximum atomic E-state index is 5.63. The fraction of sp³-hybridized carbons (Fsp3) is 0.520. The zero-order valence-corrected chi connectivity index (χ0v) is 18.8. The second-order valence-corrected chi connectivity index (χ2v) is 8.61. The number of morpholine rings is 1. The van der Waals surface area contributed by atoms with Gasteiger partial charge in [0, 0.05) is 38.9 Å². The minimum Gasteiger partial charge on any atom is -0.375 e. The first-order valence-corrected chi connectivity index (χ1v) is 11.6. The number of rotatable bonds is 6. The van der Waals surface area contributed by atoms with Crippen LogP contribution in [-0.4, -0.2) is 61.3 Å². The molecule has 2 aliphatic heterocycles. The van der Waals surface area contributed by atoms with Gasteiger partial charge < -0.3 is 19.9 Å². The lowest BCUT2D eigenvalue weighted by atomic mass is 9.99. The van der Waals surface area contributed by atoms with Crippen molar-refractivity contribution in [1.82, 2.24) is 15.2 Å². The van der Waals surface area contributed by atoms with Crippen LogP contribution in [0.25, 0.3) is 0 Å². The van der Waals surface area contributed by atoms with Gasteiger partial charge in [-0.2, -0.15) is 0 Å². The molecule has 4 rings (SSSR count). The minimum absolute atomic E-state index is 0.258. The van der Waals surface area contributed by atoms with E-state index in [0.717, 1.165) is 63.1 Å². The molecule has 1 N–H and O–H groups in total. The first-order valence-electron chi connectivity index (χ1n) is 11.6. The maximum Gasteiger partial charge on any atom is 0.194 e. The Balaban J connectivity index is 1.34. The van der Waals surface area contributed by atoms with Crippen LogP contribution >= 0.6 is 0 Å². The summed E-state index contributed by atoms with van der Waals surface area (Å²) in [7, 11) is 0. The summed E-state index contributed by atoms with van der Waals surface area (Å²) < 4.78 is 5.63. The number of likely N-dealkylation sites (tertiary alicyclic amines) is 1. The summed E-state index contributed by atoms with van der Waals surface area (Å²) in [5, 5.41) is 3.48. The normalized spacial score (nSPS) is 22.1. The molecule has 2 fully saturated rings. The molecule has 1 aromatic heterocycles. The Bertz CT molecular complexity index is 839. The summed E-state index contributed by atoms with van der Waals surface area (Å²) in [6, 6.07) is 15.1. The number of hydrogen-bond donors (Lipinski definition) is 1. The van der Waals surface area contributed by atoms with E-state index in [2.05, 4.69) is 76.4 Å². The monoisotopic (exact) mass is 421 g/mol. The Morgan fingerprint density at radius 1 is 1.13 bits per heavy atom. The molecule has 2 unspecified atom stereocenters. The molecule has 3 heterocycles. The second kappa shape index (κ2) is 10.6. The number of nitrogens with zero attached hydrogens (tertiary/aromatic N) is 4. The van der Waals surface area contributed by atoms with Crippen LogP contribution in [0.5, 0.6) is 0 Å². The Morgan fingerprint density at radius 2 is 2.00 bits per heavy atom. The Hall–Kier alpha value is -2.60. The molecule has 0 saturated carbocycles. The Labute approximate surface area is 186 Å². The van der Waals surface area contributed by atoms with Gasteiger partial charge in [0.25, 0.3) is 0 Å². The SMILES string of the molecule is CCNC(=NCc1ccc(N2CCOC(C)C2)nc1)N1CCC(Cc2ccccc2)C1. The third-order valence-electron chi connectivity index (χ3n) is 6.07. The van der Waals surface area contributed by atoms with E-state index in [0.29, 0.717) is 12.5 Å². The number of benzene rings is 1. The highest BCUT2D eigenvalue weighted by Gasteiger charge is 2.25. The molecule has 2 aliphatic rings. The van der Waals surface area contributed by atoms with E-state index in [4.69, 9.17) is 9.73 Å². The highest BCUT2D eigenvalue weighted by atomic mass is 16.5. The highest BCUT2D eigenvalue weighted by molar-refractivity contribution is 5.80. The van der Waals surface area contributed by atoms with E-state index in [9.17, 15) is 0 Å². The molecule has 2 aromatic rings. The van der Waals surface area contributed by atoms with Gasteiger partial charge in [0.1, 0.15) is 5.82 Å². The maximum absolute atomic E-state index is 5.63. The van der Waals surface area contributed by atoms with Crippen LogP contribution in [-0.2, 0) is 17.7 Å². The molecular formula is C25H35N5O. The molecule has 0 spiro atoms. The molecule has 0 aliphatic carbocycles. The second-order valence-electron chi connectivity index (χ2n) is 8.61. The molecule has 0 amide bonds. The van der Waals surface area contributed by atoms with E-state index in [1.165, 1.54) is 12.0 Å². The predicted molar refractivity (Wildman–Crippen MR) is 127 cm³/mol. The molecule has 6 heteroatoms. The van der Waals surface area contributed by atoms with Gasteiger partial charge in [-0.15, -0.1) is 0 Å². The largest absolute Gasteiger partial charge is 0.375 e. The van der Waals surface area contributed by atoms with Crippen molar-refractivity contribution in [2.75, 3.05) is 44.2 Å². The van der Waals surface area contributed by atoms with E-state index >= 15 is 0 Å². The summed E-state index contributed by atoms with van der Waals surface area (Å²) in [6.07, 6.45) is 4.58. The van der Waals surface area contributed by atoms with Crippen LogP contribution in [0.3, 0.4) is 0 Å². The van der Waals surface area contributed by atoms with Crippen molar-refractivity contribution in [3.8, 4) is 0 Å². The lowest BCUT2D eigenvalue weighted by Crippen LogP contribution is -2.41. The van der Waals surface area contributed by atoms with Crippen molar-refractivity contribution < 1.29 is 4.74 Å². The zero-order chi connectivity index (χ0) is 21.5. The van der Waals surface area contributed by atoms with Gasteiger partial charge in [-0.3, -0.25) is 0 Å². The van der Waals surface area contributed by atoms with Crippen molar-refractivity contribution in [2.24, 2.45) is 10.9 Å². The highest BCUT2D eigenvalue weighted by Crippen LogP contribution is 2.21. The fourth-order valence-corrected chi connectivity index (χ4v) is 4.45. The van der Waals surface area contributed by atoms with Gasteiger partial charge in [0.15, 0.2) is 5.96 Å². The van der Waals surface area contributed by atoms with Gasteiger partial charge in [-0.25, -0.2) is 9.98 Å². The molecule has 166 valence electrons. The first-order chi connectivity index (χ1) is 15.2. The third-order valence-corrected chi connectivity index (χ3v) is 6.07. The number of aliphatic imine (C=N–C) groups is 1. The van der Waals surface area contributed by atoms with Gasteiger partial charge in [0.05, 0.1) is 19.3 Å². The first kappa shape index (κ1) is 21.6. The summed E-state index contributed by atoms with van der Waals surface area (Å²) >= 11 is 0. The average molecular weight is 422 g/mol.